The smallest absolute Gasteiger partial charge is 0.190 e. The molecule has 0 spiro atoms. The lowest BCUT2D eigenvalue weighted by Gasteiger charge is -2.76. The molecular formula is C42H68O12. The summed E-state index contributed by atoms with van der Waals surface area (Å²) in [5.74, 6) is -0.0595. The first-order chi connectivity index (χ1) is 25.2. The molecule has 3 heterocycles. The van der Waals surface area contributed by atoms with Crippen LogP contribution in [0, 0.1) is 44.8 Å². The fraction of sp³-hybridized carbons (Fsp3) is 0.905. The molecule has 7 rings (SSSR count). The first kappa shape index (κ1) is 41.2. The summed E-state index contributed by atoms with van der Waals surface area (Å²) in [4.78, 5) is 0. The summed E-state index contributed by atoms with van der Waals surface area (Å²) in [5, 5.41) is 78.2. The van der Waals surface area contributed by atoms with Crippen molar-refractivity contribution in [1.29, 1.82) is 0 Å². The Morgan fingerprint density at radius 3 is 2.11 bits per heavy atom. The van der Waals surface area contributed by atoms with Crippen LogP contribution >= 0.6 is 0 Å². The molecule has 7 aliphatic rings. The average Bonchev–Trinajstić information content (AvgIpc) is 3.78. The van der Waals surface area contributed by atoms with Crippen molar-refractivity contribution in [2.75, 3.05) is 6.61 Å². The number of aliphatic hydroxyl groups is 7. The van der Waals surface area contributed by atoms with Gasteiger partial charge in [0.25, 0.3) is 0 Å². The van der Waals surface area contributed by atoms with E-state index < -0.39 is 97.3 Å². The first-order valence-electron chi connectivity index (χ1n) is 20.4. The molecule has 0 amide bonds. The number of rotatable bonds is 9. The van der Waals surface area contributed by atoms with Gasteiger partial charge >= 0.3 is 0 Å². The van der Waals surface area contributed by atoms with E-state index in [1.165, 1.54) is 11.1 Å². The monoisotopic (exact) mass is 764 g/mol. The van der Waals surface area contributed by atoms with Gasteiger partial charge in [-0.3, -0.25) is 0 Å². The van der Waals surface area contributed by atoms with E-state index in [0.717, 1.165) is 32.1 Å². The van der Waals surface area contributed by atoms with Gasteiger partial charge in [0.15, 0.2) is 18.9 Å². The van der Waals surface area contributed by atoms with Crippen LogP contribution in [0.15, 0.2) is 23.8 Å². The van der Waals surface area contributed by atoms with Gasteiger partial charge in [0.2, 0.25) is 0 Å². The fourth-order valence-corrected chi connectivity index (χ4v) is 13.4. The first-order valence-corrected chi connectivity index (χ1v) is 20.4. The number of allylic oxidation sites excluding steroid dienone is 3. The predicted octanol–water partition coefficient (Wildman–Crippen LogP) is 3.32. The van der Waals surface area contributed by atoms with Crippen molar-refractivity contribution in [2.24, 2.45) is 44.8 Å². The number of ether oxygens (including phenoxy) is 5. The molecule has 0 bridgehead atoms. The molecular weight excluding hydrogens is 696 g/mol. The SMILES string of the molecule is C=C(CCC=C(C)C)[C@H]1CC[C@]2(C)[C@@H]1[C@H](O)CC1(C)[C@@]3(C)CC[C@H](O)C(C)(C)[C@@H]3[C@@H](O[C@@H]3OC(CO)[C@@H](O)C(O)C3O[C@@H]3OC4O[C@@H]4C(O)C3O)C[C@]12C. The number of hydrogen-bond acceptors (Lipinski definition) is 12. The second-order valence-electron chi connectivity index (χ2n) is 19.9. The second-order valence-corrected chi connectivity index (χ2v) is 19.9. The van der Waals surface area contributed by atoms with Crippen LogP contribution in [-0.2, 0) is 23.7 Å². The summed E-state index contributed by atoms with van der Waals surface area (Å²) in [7, 11) is 0. The molecule has 7 N–H and O–H groups in total. The maximum absolute atomic E-state index is 12.4. The molecule has 12 nitrogen and oxygen atoms in total. The highest BCUT2D eigenvalue weighted by atomic mass is 16.8. The maximum atomic E-state index is 12.4. The van der Waals surface area contributed by atoms with E-state index in [1.807, 2.05) is 0 Å². The van der Waals surface area contributed by atoms with E-state index in [9.17, 15) is 35.7 Å². The lowest BCUT2D eigenvalue weighted by Crippen LogP contribution is -2.74. The Morgan fingerprint density at radius 2 is 1.44 bits per heavy atom. The van der Waals surface area contributed by atoms with E-state index in [4.69, 9.17) is 23.7 Å². The largest absolute Gasteiger partial charge is 0.394 e. The third-order valence-electron chi connectivity index (χ3n) is 16.9. The highest BCUT2D eigenvalue weighted by Crippen LogP contribution is 2.80. The van der Waals surface area contributed by atoms with E-state index >= 15 is 0 Å². The van der Waals surface area contributed by atoms with Gasteiger partial charge < -0.3 is 59.4 Å². The van der Waals surface area contributed by atoms with Crippen LogP contribution in [0.1, 0.15) is 107 Å². The zero-order chi connectivity index (χ0) is 39.5. The van der Waals surface area contributed by atoms with E-state index in [1.54, 1.807) is 0 Å². The predicted molar refractivity (Wildman–Crippen MR) is 197 cm³/mol. The fourth-order valence-electron chi connectivity index (χ4n) is 13.4. The minimum atomic E-state index is -1.60. The highest BCUT2D eigenvalue weighted by Gasteiger charge is 2.77. The summed E-state index contributed by atoms with van der Waals surface area (Å²) in [5.41, 5.74) is 0.373. The Balaban J connectivity index is 1.26. The van der Waals surface area contributed by atoms with Gasteiger partial charge in [-0.05, 0) is 110 Å². The maximum Gasteiger partial charge on any atom is 0.190 e. The van der Waals surface area contributed by atoms with Crippen LogP contribution in [0.3, 0.4) is 0 Å². The van der Waals surface area contributed by atoms with Gasteiger partial charge in [-0.2, -0.15) is 0 Å². The van der Waals surface area contributed by atoms with E-state index in [2.05, 4.69) is 68.0 Å². The molecule has 4 aliphatic carbocycles. The Bertz CT molecular complexity index is 1450. The Labute approximate surface area is 320 Å². The van der Waals surface area contributed by atoms with Crippen molar-refractivity contribution in [2.45, 2.75) is 187 Å². The van der Waals surface area contributed by atoms with Crippen molar-refractivity contribution in [3.05, 3.63) is 23.8 Å². The van der Waals surface area contributed by atoms with Crippen LogP contribution < -0.4 is 0 Å². The number of fused-ring (bicyclic) bond motifs is 6. The molecule has 3 saturated heterocycles. The molecule has 20 atom stereocenters. The zero-order valence-electron chi connectivity index (χ0n) is 33.6. The Hall–Kier alpha value is -1.00. The molecule has 7 fully saturated rings. The summed E-state index contributed by atoms with van der Waals surface area (Å²) in [6.45, 7) is 21.8. The van der Waals surface area contributed by atoms with Crippen molar-refractivity contribution in [3.8, 4) is 0 Å². The van der Waals surface area contributed by atoms with Gasteiger partial charge in [0.1, 0.15) is 42.7 Å². The second kappa shape index (κ2) is 14.1. The van der Waals surface area contributed by atoms with Gasteiger partial charge in [-0.15, -0.1) is 0 Å². The van der Waals surface area contributed by atoms with Crippen LogP contribution in [0.4, 0.5) is 0 Å². The molecule has 54 heavy (non-hydrogen) atoms. The van der Waals surface area contributed by atoms with Crippen molar-refractivity contribution in [1.82, 2.24) is 0 Å². The van der Waals surface area contributed by atoms with E-state index in [0.29, 0.717) is 19.3 Å². The standard InChI is InChI=1S/C42H68O12/c1-20(2)11-10-12-21(3)22-13-15-39(6)27(22)23(44)17-41(8)40(7)16-14-26(45)38(4,5)34(40)24(18-42(39,41)9)50-36-32(29(47)28(46)25(19-43)51-36)52-35-31(49)30(48)33-37(53-33)54-35/h11,22-37,43-49H,3,10,12-19H2,1-2,4-9H3/t22-,23-,24+,25?,26+,27+,28-,29?,30?,31?,32?,33-,34+,35-,36-,37?,39-,40+,41?,42+/m1/s1. The molecule has 0 aromatic carbocycles. The highest BCUT2D eigenvalue weighted by molar-refractivity contribution is 5.27. The minimum Gasteiger partial charge on any atom is -0.394 e. The lowest BCUT2D eigenvalue weighted by molar-refractivity contribution is -0.381. The van der Waals surface area contributed by atoms with Gasteiger partial charge in [-0.1, -0.05) is 65.3 Å². The topological polar surface area (TPSA) is 191 Å². The Morgan fingerprint density at radius 1 is 0.778 bits per heavy atom. The molecule has 0 radical (unpaired) electrons. The minimum absolute atomic E-state index is 0.000328. The molecule has 3 aliphatic heterocycles. The molecule has 0 aromatic heterocycles. The van der Waals surface area contributed by atoms with Crippen molar-refractivity contribution < 1.29 is 59.4 Å². The Kier molecular flexibility index (Phi) is 10.7. The third-order valence-corrected chi connectivity index (χ3v) is 16.9. The summed E-state index contributed by atoms with van der Waals surface area (Å²) in [6, 6.07) is 0. The third kappa shape index (κ3) is 5.98. The van der Waals surface area contributed by atoms with E-state index in [-0.39, 0.29) is 34.0 Å². The zero-order valence-corrected chi connectivity index (χ0v) is 33.6. The molecule has 0 aromatic rings. The molecule has 308 valence electrons. The molecule has 12 heteroatoms. The molecule has 4 saturated carbocycles. The number of hydrogen-bond donors (Lipinski definition) is 7. The number of aliphatic hydroxyl groups excluding tert-OH is 7. The summed E-state index contributed by atoms with van der Waals surface area (Å²) >= 11 is 0. The van der Waals surface area contributed by atoms with Gasteiger partial charge in [0.05, 0.1) is 24.9 Å². The van der Waals surface area contributed by atoms with Crippen LogP contribution in [0.5, 0.6) is 0 Å². The molecule has 7 unspecified atom stereocenters. The average molecular weight is 765 g/mol. The lowest BCUT2D eigenvalue weighted by atomic mass is 9.29. The van der Waals surface area contributed by atoms with Crippen molar-refractivity contribution >= 4 is 0 Å². The van der Waals surface area contributed by atoms with Crippen LogP contribution in [0.25, 0.3) is 0 Å². The van der Waals surface area contributed by atoms with Gasteiger partial charge in [-0.25, -0.2) is 0 Å². The quantitative estimate of drug-likeness (QED) is 0.103. The summed E-state index contributed by atoms with van der Waals surface area (Å²) in [6.07, 6.45) is -6.00. The number of epoxide rings is 1. The van der Waals surface area contributed by atoms with Crippen LogP contribution in [0.2, 0.25) is 0 Å². The van der Waals surface area contributed by atoms with Gasteiger partial charge in [0, 0.05) is 0 Å². The normalized spacial score (nSPS) is 54.8. The summed E-state index contributed by atoms with van der Waals surface area (Å²) < 4.78 is 30.6. The van der Waals surface area contributed by atoms with Crippen LogP contribution in [-0.4, -0.2) is 122 Å². The van der Waals surface area contributed by atoms with Crippen molar-refractivity contribution in [3.63, 3.8) is 0 Å².